The fraction of sp³-hybridized carbons (Fsp3) is 0. The van der Waals surface area contributed by atoms with E-state index in [1.54, 1.807) is 0 Å². The van der Waals surface area contributed by atoms with Crippen LogP contribution in [0.1, 0.15) is 0 Å². The summed E-state index contributed by atoms with van der Waals surface area (Å²) in [7, 11) is 0. The van der Waals surface area contributed by atoms with E-state index < -0.39 is 12.3 Å². The molecule has 0 aromatic heterocycles. The third kappa shape index (κ3) is 139. The van der Waals surface area contributed by atoms with Crippen LogP contribution in [0, 0.1) is 0 Å². The van der Waals surface area contributed by atoms with Gasteiger partial charge in [-0.15, -0.1) is 0 Å². The van der Waals surface area contributed by atoms with Gasteiger partial charge in [-0.05, 0) is 0 Å². The number of rotatable bonds is 0. The van der Waals surface area contributed by atoms with E-state index in [1.807, 2.05) is 0 Å². The molecule has 0 aliphatic carbocycles. The minimum atomic E-state index is -1.83. The molecular formula is C2H13N3O6. The van der Waals surface area contributed by atoms with Gasteiger partial charge in [0.2, 0.25) is 0 Å². The van der Waals surface area contributed by atoms with Crippen molar-refractivity contribution in [2.75, 3.05) is 0 Å². The maximum atomic E-state index is 8.56. The van der Waals surface area contributed by atoms with Gasteiger partial charge in [0.05, 0.1) is 0 Å². The molecular weight excluding hydrogens is 162 g/mol. The average Bonchev–Trinajstić information content (AvgIpc) is 1.25. The van der Waals surface area contributed by atoms with Crippen LogP contribution in [0.2, 0.25) is 0 Å². The molecule has 0 amide bonds. The molecule has 0 aliphatic heterocycles. The summed E-state index contributed by atoms with van der Waals surface area (Å²) >= 11 is 0. The highest BCUT2D eigenvalue weighted by atomic mass is 16.6. The van der Waals surface area contributed by atoms with Crippen molar-refractivity contribution in [3.8, 4) is 0 Å². The summed E-state index contributed by atoms with van der Waals surface area (Å²) in [5.41, 5.74) is 0. The zero-order valence-corrected chi connectivity index (χ0v) is 5.73. The van der Waals surface area contributed by atoms with Crippen LogP contribution < -0.4 is 18.5 Å². The van der Waals surface area contributed by atoms with Gasteiger partial charge >= 0.3 is 12.3 Å². The lowest BCUT2D eigenvalue weighted by molar-refractivity contribution is 0.135. The third-order valence-electron chi connectivity index (χ3n) is 0. The predicted octanol–water partition coefficient (Wildman–Crippen LogP) is 0.931. The average molecular weight is 175 g/mol. The van der Waals surface area contributed by atoms with E-state index in [0.717, 1.165) is 0 Å². The molecule has 9 heteroatoms. The van der Waals surface area contributed by atoms with Crippen molar-refractivity contribution in [2.45, 2.75) is 0 Å². The molecule has 0 saturated carbocycles. The summed E-state index contributed by atoms with van der Waals surface area (Å²) in [6.45, 7) is 0. The first kappa shape index (κ1) is 34.2. The highest BCUT2D eigenvalue weighted by Crippen LogP contribution is 1.43. The summed E-state index contributed by atoms with van der Waals surface area (Å²) in [4.78, 5) is 17.1. The van der Waals surface area contributed by atoms with Crippen molar-refractivity contribution in [2.24, 2.45) is 0 Å². The maximum absolute atomic E-state index is 8.56. The summed E-state index contributed by atoms with van der Waals surface area (Å²) < 4.78 is 0. The van der Waals surface area contributed by atoms with Gasteiger partial charge in [-0.3, -0.25) is 0 Å². The van der Waals surface area contributed by atoms with Crippen LogP contribution in [0.4, 0.5) is 9.59 Å². The normalized spacial score (nSPS) is 4.36. The topological polar surface area (TPSA) is 220 Å². The molecule has 0 fully saturated rings. The zero-order chi connectivity index (χ0) is 7.15. The summed E-state index contributed by atoms with van der Waals surface area (Å²) in [6.07, 6.45) is -3.67. The van der Waals surface area contributed by atoms with Crippen LogP contribution in [0.15, 0.2) is 0 Å². The summed E-state index contributed by atoms with van der Waals surface area (Å²) in [5.74, 6) is 0. The van der Waals surface area contributed by atoms with Gasteiger partial charge in [-0.1, -0.05) is 0 Å². The molecule has 0 atom stereocenters. The van der Waals surface area contributed by atoms with Gasteiger partial charge in [0.25, 0.3) is 0 Å². The minimum Gasteiger partial charge on any atom is -0.450 e. The Morgan fingerprint density at radius 1 is 0.636 bits per heavy atom. The highest BCUT2D eigenvalue weighted by Gasteiger charge is 1.70. The van der Waals surface area contributed by atoms with Crippen molar-refractivity contribution in [1.82, 2.24) is 18.5 Å². The van der Waals surface area contributed by atoms with Crippen molar-refractivity contribution < 1.29 is 30.0 Å². The second-order valence-electron chi connectivity index (χ2n) is 0.565. The van der Waals surface area contributed by atoms with Crippen molar-refractivity contribution in [3.63, 3.8) is 0 Å². The molecule has 0 unspecified atom stereocenters. The number of carboxylic acid groups (broad SMARTS) is 4. The smallest absolute Gasteiger partial charge is 0.450 e. The summed E-state index contributed by atoms with van der Waals surface area (Å²) in [6, 6.07) is 0. The Labute approximate surface area is 62.0 Å². The molecule has 0 saturated heterocycles. The number of hydrogen-bond acceptors (Lipinski definition) is 5. The van der Waals surface area contributed by atoms with E-state index in [-0.39, 0.29) is 18.5 Å². The van der Waals surface area contributed by atoms with Crippen LogP contribution in [-0.4, -0.2) is 32.7 Å². The van der Waals surface area contributed by atoms with Gasteiger partial charge in [-0.25, -0.2) is 9.59 Å². The van der Waals surface area contributed by atoms with E-state index in [4.69, 9.17) is 30.0 Å². The molecule has 72 valence electrons. The van der Waals surface area contributed by atoms with E-state index in [2.05, 4.69) is 0 Å². The second kappa shape index (κ2) is 23.7. The molecule has 0 aliphatic rings. The minimum absolute atomic E-state index is 0. The Kier molecular flexibility index (Phi) is 73.7. The molecule has 0 spiro atoms. The van der Waals surface area contributed by atoms with Crippen LogP contribution >= 0.6 is 0 Å². The van der Waals surface area contributed by atoms with E-state index in [9.17, 15) is 0 Å². The van der Waals surface area contributed by atoms with Crippen molar-refractivity contribution in [1.29, 1.82) is 0 Å². The lowest BCUT2D eigenvalue weighted by atomic mass is 11.5. The largest absolute Gasteiger partial charge is 0.503 e. The Hall–Kier alpha value is -1.58. The first-order valence-electron chi connectivity index (χ1n) is 1.30. The molecule has 9 nitrogen and oxygen atoms in total. The molecule has 0 rings (SSSR count). The summed E-state index contributed by atoms with van der Waals surface area (Å²) in [5, 5.41) is 27.9. The van der Waals surface area contributed by atoms with Gasteiger partial charge in [0.15, 0.2) is 0 Å². The Bertz CT molecular complexity index is 73.8. The number of hydrogen-bond donors (Lipinski definition) is 7. The van der Waals surface area contributed by atoms with Gasteiger partial charge in [-0.2, -0.15) is 0 Å². The molecule has 0 bridgehead atoms. The Morgan fingerprint density at radius 2 is 0.636 bits per heavy atom. The predicted molar refractivity (Wildman–Crippen MR) is 36.4 cm³/mol. The second-order valence-corrected chi connectivity index (χ2v) is 0.565. The first-order chi connectivity index (χ1) is 3.46. The van der Waals surface area contributed by atoms with E-state index >= 15 is 0 Å². The Morgan fingerprint density at radius 3 is 0.636 bits per heavy atom. The Balaban J connectivity index is -0.0000000171. The fourth-order valence-corrected chi connectivity index (χ4v) is 0. The number of carbonyl (C=O) groups is 2. The standard InChI is InChI=1S/2CH2O3.3H3N/c2*2-1(3)4;;;/h2*(H2,2,3,4);3*1H3. The van der Waals surface area contributed by atoms with Gasteiger partial charge < -0.3 is 38.9 Å². The first-order valence-corrected chi connectivity index (χ1v) is 1.30. The third-order valence-corrected chi connectivity index (χ3v) is 0. The molecule has 11 heavy (non-hydrogen) atoms. The molecule has 0 radical (unpaired) electrons. The molecule has 0 heterocycles. The molecule has 13 N–H and O–H groups in total. The van der Waals surface area contributed by atoms with E-state index in [1.165, 1.54) is 0 Å². The molecule has 0 aromatic carbocycles. The lowest BCUT2D eigenvalue weighted by Crippen LogP contribution is -1.81. The zero-order valence-electron chi connectivity index (χ0n) is 5.73. The highest BCUT2D eigenvalue weighted by molar-refractivity contribution is 5.53. The lowest BCUT2D eigenvalue weighted by Gasteiger charge is -1.60. The monoisotopic (exact) mass is 175 g/mol. The van der Waals surface area contributed by atoms with Crippen molar-refractivity contribution in [3.05, 3.63) is 0 Å². The maximum Gasteiger partial charge on any atom is 0.503 e. The van der Waals surface area contributed by atoms with Crippen LogP contribution in [0.5, 0.6) is 0 Å². The van der Waals surface area contributed by atoms with Crippen LogP contribution in [0.25, 0.3) is 0 Å². The van der Waals surface area contributed by atoms with Gasteiger partial charge in [0.1, 0.15) is 0 Å². The van der Waals surface area contributed by atoms with Crippen LogP contribution in [-0.2, 0) is 0 Å². The van der Waals surface area contributed by atoms with E-state index in [0.29, 0.717) is 0 Å². The van der Waals surface area contributed by atoms with Crippen molar-refractivity contribution >= 4 is 12.3 Å². The van der Waals surface area contributed by atoms with Crippen LogP contribution in [0.3, 0.4) is 0 Å². The molecule has 0 aromatic rings. The quantitative estimate of drug-likeness (QED) is 0.277. The fourth-order valence-electron chi connectivity index (χ4n) is 0. The SMILES string of the molecule is N.N.N.O=C(O)O.O=C(O)O. The van der Waals surface area contributed by atoms with Gasteiger partial charge in [0, 0.05) is 0 Å².